The van der Waals surface area contributed by atoms with Gasteiger partial charge in [0.25, 0.3) is 0 Å². The molecular formula is C20H22Br2N2O3. The molecular weight excluding hydrogens is 476 g/mol. The first-order valence-corrected chi connectivity index (χ1v) is 11.2. The van der Waals surface area contributed by atoms with E-state index < -0.39 is 6.04 Å². The Balaban J connectivity index is 1.49. The van der Waals surface area contributed by atoms with Gasteiger partial charge in [0.2, 0.25) is 17.7 Å². The maximum absolute atomic E-state index is 13.0. The molecule has 1 N–H and O–H groups in total. The highest BCUT2D eigenvalue weighted by atomic mass is 79.9. The topological polar surface area (TPSA) is 66.5 Å². The summed E-state index contributed by atoms with van der Waals surface area (Å²) in [6.07, 6.45) is 0.887. The van der Waals surface area contributed by atoms with E-state index in [4.69, 9.17) is 0 Å². The van der Waals surface area contributed by atoms with E-state index in [0.717, 1.165) is 12.0 Å². The monoisotopic (exact) mass is 496 g/mol. The lowest BCUT2D eigenvalue weighted by atomic mass is 9.81. The second-order valence-corrected chi connectivity index (χ2v) is 9.98. The van der Waals surface area contributed by atoms with Crippen LogP contribution in [-0.4, -0.2) is 38.3 Å². The molecule has 1 aromatic rings. The highest BCUT2D eigenvalue weighted by Crippen LogP contribution is 2.60. The fourth-order valence-electron chi connectivity index (χ4n) is 5.03. The van der Waals surface area contributed by atoms with Crippen LogP contribution in [0.15, 0.2) is 30.3 Å². The number of amides is 3. The summed E-state index contributed by atoms with van der Waals surface area (Å²) < 4.78 is 0. The van der Waals surface area contributed by atoms with Crippen molar-refractivity contribution in [1.29, 1.82) is 0 Å². The van der Waals surface area contributed by atoms with E-state index in [9.17, 15) is 14.4 Å². The molecule has 8 atom stereocenters. The average Bonchev–Trinajstić information content (AvgIpc) is 3.26. The molecule has 27 heavy (non-hydrogen) atoms. The predicted molar refractivity (Wildman–Crippen MR) is 108 cm³/mol. The van der Waals surface area contributed by atoms with Gasteiger partial charge in [0.05, 0.1) is 17.9 Å². The van der Waals surface area contributed by atoms with Crippen molar-refractivity contribution >= 4 is 49.6 Å². The van der Waals surface area contributed by atoms with Gasteiger partial charge in [0.1, 0.15) is 6.04 Å². The smallest absolute Gasteiger partial charge is 0.243 e. The summed E-state index contributed by atoms with van der Waals surface area (Å²) >= 11 is 7.36. The first-order valence-electron chi connectivity index (χ1n) is 9.33. The normalized spacial score (nSPS) is 36.7. The Morgan fingerprint density at radius 2 is 1.56 bits per heavy atom. The highest BCUT2D eigenvalue weighted by molar-refractivity contribution is 9.12. The highest BCUT2D eigenvalue weighted by Gasteiger charge is 2.67. The van der Waals surface area contributed by atoms with Gasteiger partial charge in [0.15, 0.2) is 0 Å². The zero-order valence-corrected chi connectivity index (χ0v) is 18.3. The molecule has 5 nitrogen and oxygen atoms in total. The third-order valence-corrected chi connectivity index (χ3v) is 9.65. The number of hydrogen-bond donors (Lipinski definition) is 1. The van der Waals surface area contributed by atoms with Crippen LogP contribution in [0.1, 0.15) is 31.9 Å². The number of halogens is 2. The molecule has 2 saturated carbocycles. The number of fused-ring (bicyclic) bond motifs is 5. The van der Waals surface area contributed by atoms with Crippen LogP contribution in [0.3, 0.4) is 0 Å². The summed E-state index contributed by atoms with van der Waals surface area (Å²) in [5.41, 5.74) is 0.983. The molecule has 1 aromatic carbocycles. The number of nitrogens with zero attached hydrogens (tertiary/aromatic N) is 1. The number of alkyl halides is 2. The van der Waals surface area contributed by atoms with Gasteiger partial charge < -0.3 is 5.32 Å². The molecule has 144 valence electrons. The molecule has 4 rings (SSSR count). The number of nitrogens with one attached hydrogen (secondary N) is 1. The van der Waals surface area contributed by atoms with Gasteiger partial charge in [-0.25, -0.2) is 0 Å². The summed E-state index contributed by atoms with van der Waals surface area (Å²) in [5, 5.41) is 2.93. The minimum absolute atomic E-state index is 0.157. The van der Waals surface area contributed by atoms with Crippen molar-refractivity contribution in [3.05, 3.63) is 35.9 Å². The Kier molecular flexibility index (Phi) is 4.95. The molecule has 1 heterocycles. The van der Waals surface area contributed by atoms with Crippen molar-refractivity contribution in [2.45, 2.75) is 42.0 Å². The summed E-state index contributed by atoms with van der Waals surface area (Å²) in [5.74, 6) is -0.933. The minimum Gasteiger partial charge on any atom is -0.348 e. The summed E-state index contributed by atoms with van der Waals surface area (Å²) in [7, 11) is 0. The van der Waals surface area contributed by atoms with Crippen molar-refractivity contribution in [3.8, 4) is 0 Å². The standard InChI is InChI=1S/C20H22Br2N2O3/c1-9(11-6-4-3-5-7-11)23-18(25)10(2)24-19(26)14-12-8-13(15(14)20(24)27)17(22)16(12)21/h3-7,9-10,12-17H,8H2,1-2H3,(H,23,25)/t9-,10-,12+,13+,14+,15+,16-,17-/m0/s1. The molecule has 0 spiro atoms. The van der Waals surface area contributed by atoms with Crippen molar-refractivity contribution in [2.75, 3.05) is 0 Å². The largest absolute Gasteiger partial charge is 0.348 e. The van der Waals surface area contributed by atoms with Gasteiger partial charge in [-0.05, 0) is 37.7 Å². The molecule has 2 aliphatic carbocycles. The second-order valence-electron chi connectivity index (χ2n) is 7.87. The van der Waals surface area contributed by atoms with E-state index in [2.05, 4.69) is 37.2 Å². The Labute approximate surface area is 175 Å². The van der Waals surface area contributed by atoms with Crippen LogP contribution in [-0.2, 0) is 14.4 Å². The van der Waals surface area contributed by atoms with Crippen LogP contribution >= 0.6 is 31.9 Å². The Hall–Kier alpha value is -1.21. The quantitative estimate of drug-likeness (QED) is 0.513. The lowest BCUT2D eigenvalue weighted by Gasteiger charge is -2.28. The summed E-state index contributed by atoms with van der Waals surface area (Å²) in [6.45, 7) is 3.54. The minimum atomic E-state index is -0.802. The number of carbonyl (C=O) groups is 3. The zero-order valence-electron chi connectivity index (χ0n) is 15.1. The van der Waals surface area contributed by atoms with Crippen LogP contribution in [0.25, 0.3) is 0 Å². The van der Waals surface area contributed by atoms with Gasteiger partial charge >= 0.3 is 0 Å². The molecule has 0 unspecified atom stereocenters. The van der Waals surface area contributed by atoms with Gasteiger partial charge in [-0.3, -0.25) is 19.3 Å². The summed E-state index contributed by atoms with van der Waals surface area (Å²) in [6, 6.07) is 8.64. The Morgan fingerprint density at radius 3 is 2.07 bits per heavy atom. The third kappa shape index (κ3) is 2.89. The molecule has 2 bridgehead atoms. The third-order valence-electron chi connectivity index (χ3n) is 6.45. The van der Waals surface area contributed by atoms with Gasteiger partial charge in [0, 0.05) is 9.65 Å². The number of hydrogen-bond acceptors (Lipinski definition) is 3. The first kappa shape index (κ1) is 19.1. The number of benzene rings is 1. The second kappa shape index (κ2) is 6.99. The molecule has 3 aliphatic rings. The van der Waals surface area contributed by atoms with E-state index in [0.29, 0.717) is 0 Å². The molecule has 1 saturated heterocycles. The predicted octanol–water partition coefficient (Wildman–Crippen LogP) is 3.03. The summed E-state index contributed by atoms with van der Waals surface area (Å²) in [4.78, 5) is 40.4. The van der Waals surface area contributed by atoms with Crippen LogP contribution in [0.4, 0.5) is 0 Å². The average molecular weight is 498 g/mol. The lowest BCUT2D eigenvalue weighted by molar-refractivity contribution is -0.148. The van der Waals surface area contributed by atoms with Crippen LogP contribution < -0.4 is 5.32 Å². The molecule has 7 heteroatoms. The van der Waals surface area contributed by atoms with Crippen LogP contribution in [0, 0.1) is 23.7 Å². The molecule has 3 amide bonds. The van der Waals surface area contributed by atoms with Crippen molar-refractivity contribution in [1.82, 2.24) is 10.2 Å². The maximum atomic E-state index is 13.0. The molecule has 1 aliphatic heterocycles. The number of imide groups is 1. The maximum Gasteiger partial charge on any atom is 0.243 e. The Morgan fingerprint density at radius 1 is 1.04 bits per heavy atom. The fraction of sp³-hybridized carbons (Fsp3) is 0.550. The van der Waals surface area contributed by atoms with Crippen LogP contribution in [0.5, 0.6) is 0 Å². The van der Waals surface area contributed by atoms with Crippen molar-refractivity contribution in [3.63, 3.8) is 0 Å². The number of rotatable bonds is 4. The number of carbonyl (C=O) groups excluding carboxylic acids is 3. The van der Waals surface area contributed by atoms with Crippen molar-refractivity contribution in [2.24, 2.45) is 23.7 Å². The molecule has 0 radical (unpaired) electrons. The zero-order chi connectivity index (χ0) is 19.5. The van der Waals surface area contributed by atoms with E-state index in [1.165, 1.54) is 4.90 Å². The first-order chi connectivity index (χ1) is 12.8. The van der Waals surface area contributed by atoms with E-state index >= 15 is 0 Å². The Bertz CT molecular complexity index is 755. The molecule has 0 aromatic heterocycles. The van der Waals surface area contributed by atoms with Crippen LogP contribution in [0.2, 0.25) is 0 Å². The van der Waals surface area contributed by atoms with Crippen molar-refractivity contribution < 1.29 is 14.4 Å². The fourth-order valence-corrected chi connectivity index (χ4v) is 6.90. The van der Waals surface area contributed by atoms with Gasteiger partial charge in [-0.2, -0.15) is 0 Å². The van der Waals surface area contributed by atoms with Gasteiger partial charge in [-0.1, -0.05) is 62.2 Å². The molecule has 3 fully saturated rings. The SMILES string of the molecule is C[C@H](NC(=O)[C@H](C)N1C(=O)[C@@H]2[C@H]3C[C@@H]([C@H](Br)[C@H]3Br)[C@H]2C1=O)c1ccccc1. The lowest BCUT2D eigenvalue weighted by Crippen LogP contribution is -2.49. The number of likely N-dealkylation sites (tertiary alicyclic amines) is 1. The van der Waals surface area contributed by atoms with E-state index in [1.807, 2.05) is 37.3 Å². The van der Waals surface area contributed by atoms with E-state index in [-0.39, 0.29) is 57.1 Å². The van der Waals surface area contributed by atoms with E-state index in [1.54, 1.807) is 6.92 Å². The van der Waals surface area contributed by atoms with Gasteiger partial charge in [-0.15, -0.1) is 0 Å².